The summed E-state index contributed by atoms with van der Waals surface area (Å²) >= 11 is 0. The van der Waals surface area contributed by atoms with Crippen molar-refractivity contribution in [3.63, 3.8) is 0 Å². The third kappa shape index (κ3) is 10.6. The van der Waals surface area contributed by atoms with Crippen LogP contribution in [0.5, 0.6) is 11.5 Å². The average molecular weight is 541 g/mol. The summed E-state index contributed by atoms with van der Waals surface area (Å²) < 4.78 is 33.2. The van der Waals surface area contributed by atoms with Crippen LogP contribution in [0.25, 0.3) is 0 Å². The summed E-state index contributed by atoms with van der Waals surface area (Å²) in [5.41, 5.74) is 2.30. The van der Waals surface area contributed by atoms with Crippen molar-refractivity contribution in [2.24, 2.45) is 0 Å². The Balaban J connectivity index is 1.90. The normalized spacial score (nSPS) is 11.0. The van der Waals surface area contributed by atoms with Crippen LogP contribution in [0.1, 0.15) is 38.8 Å². The van der Waals surface area contributed by atoms with Crippen LogP contribution in [0.3, 0.4) is 0 Å². The predicted octanol–water partition coefficient (Wildman–Crippen LogP) is 5.04. The van der Waals surface area contributed by atoms with Gasteiger partial charge in [0.25, 0.3) is 0 Å². The average Bonchev–Trinajstić information content (AvgIpc) is 2.91. The van der Waals surface area contributed by atoms with Gasteiger partial charge >= 0.3 is 11.9 Å². The maximum Gasteiger partial charge on any atom is 0.333 e. The van der Waals surface area contributed by atoms with Gasteiger partial charge in [-0.15, -0.1) is 0 Å². The van der Waals surface area contributed by atoms with Crippen LogP contribution in [-0.2, 0) is 34.0 Å². The van der Waals surface area contributed by atoms with Crippen LogP contribution in [0, 0.1) is 0 Å². The highest BCUT2D eigenvalue weighted by Gasteiger charge is 2.29. The first kappa shape index (κ1) is 31.6. The van der Waals surface area contributed by atoms with Gasteiger partial charge in [-0.2, -0.15) is 0 Å². The van der Waals surface area contributed by atoms with Gasteiger partial charge in [0.05, 0.1) is 26.4 Å². The van der Waals surface area contributed by atoms with Gasteiger partial charge in [0.2, 0.25) is 0 Å². The largest absolute Gasteiger partial charge is 0.491 e. The highest BCUT2D eigenvalue weighted by atomic mass is 16.6. The molecule has 2 rings (SSSR count). The van der Waals surface area contributed by atoms with E-state index in [0.717, 1.165) is 22.6 Å². The second-order valence-electron chi connectivity index (χ2n) is 9.37. The van der Waals surface area contributed by atoms with Crippen molar-refractivity contribution in [3.05, 3.63) is 84.0 Å². The maximum atomic E-state index is 11.4. The monoisotopic (exact) mass is 540 g/mol. The maximum absolute atomic E-state index is 11.4. The minimum Gasteiger partial charge on any atom is -0.491 e. The molecule has 0 aliphatic heterocycles. The minimum atomic E-state index is -0.428. The lowest BCUT2D eigenvalue weighted by Crippen LogP contribution is -2.22. The van der Waals surface area contributed by atoms with Gasteiger partial charge in [0.1, 0.15) is 37.9 Å². The molecule has 0 heterocycles. The number of benzene rings is 2. The summed E-state index contributed by atoms with van der Waals surface area (Å²) in [6.07, 6.45) is 0. The molecule has 212 valence electrons. The summed E-state index contributed by atoms with van der Waals surface area (Å²) in [6, 6.07) is 15.8. The third-order valence-electron chi connectivity index (χ3n) is 5.71. The van der Waals surface area contributed by atoms with Crippen molar-refractivity contribution in [3.8, 4) is 11.5 Å². The number of carbonyl (C=O) groups excluding carboxylic acids is 2. The van der Waals surface area contributed by atoms with Crippen molar-refractivity contribution in [1.29, 1.82) is 0 Å². The molecular weight excluding hydrogens is 500 g/mol. The van der Waals surface area contributed by atoms with Gasteiger partial charge in [-0.1, -0.05) is 63.4 Å². The molecule has 0 saturated carbocycles. The zero-order chi connectivity index (χ0) is 28.7. The first-order valence-electron chi connectivity index (χ1n) is 12.9. The molecule has 0 saturated heterocycles. The Kier molecular flexibility index (Phi) is 13.3. The highest BCUT2D eigenvalue weighted by molar-refractivity contribution is 5.87. The van der Waals surface area contributed by atoms with E-state index in [0.29, 0.717) is 37.6 Å². The zero-order valence-electron chi connectivity index (χ0n) is 23.5. The Hall–Kier alpha value is -3.62. The predicted molar refractivity (Wildman–Crippen MR) is 149 cm³/mol. The van der Waals surface area contributed by atoms with Gasteiger partial charge in [-0.3, -0.25) is 0 Å². The van der Waals surface area contributed by atoms with E-state index in [9.17, 15) is 9.59 Å². The van der Waals surface area contributed by atoms with Gasteiger partial charge in [0.15, 0.2) is 0 Å². The summed E-state index contributed by atoms with van der Waals surface area (Å²) in [6.45, 7) is 16.8. The van der Waals surface area contributed by atoms with Gasteiger partial charge in [-0.05, 0) is 26.0 Å². The third-order valence-corrected chi connectivity index (χ3v) is 5.71. The molecule has 39 heavy (non-hydrogen) atoms. The number of hydrogen-bond acceptors (Lipinski definition) is 8. The Morgan fingerprint density at radius 1 is 0.615 bits per heavy atom. The Morgan fingerprint density at radius 2 is 0.974 bits per heavy atom. The van der Waals surface area contributed by atoms with E-state index in [2.05, 4.69) is 27.0 Å². The molecule has 0 atom stereocenters. The van der Waals surface area contributed by atoms with E-state index in [1.807, 2.05) is 48.5 Å². The van der Waals surface area contributed by atoms with Crippen LogP contribution in [0.2, 0.25) is 0 Å². The van der Waals surface area contributed by atoms with Crippen molar-refractivity contribution < 1.29 is 38.0 Å². The van der Waals surface area contributed by atoms with E-state index in [4.69, 9.17) is 28.4 Å². The van der Waals surface area contributed by atoms with Gasteiger partial charge in [0, 0.05) is 27.7 Å². The van der Waals surface area contributed by atoms with Crippen LogP contribution >= 0.6 is 0 Å². The van der Waals surface area contributed by atoms with Crippen molar-refractivity contribution in [2.45, 2.75) is 33.1 Å². The fourth-order valence-corrected chi connectivity index (χ4v) is 3.62. The number of para-hydroxylation sites is 2. The van der Waals surface area contributed by atoms with Crippen molar-refractivity contribution >= 4 is 11.9 Å². The quantitative estimate of drug-likeness (QED) is 0.148. The molecule has 8 heteroatoms. The summed E-state index contributed by atoms with van der Waals surface area (Å²) in [4.78, 5) is 22.8. The Morgan fingerprint density at radius 3 is 1.36 bits per heavy atom. The standard InChI is InChI=1S/C31H40O8/c1-23(2)29(32)38-21-17-34-15-19-36-27-13-9-7-11-25(27)31(5,6)26-12-8-10-14-28(26)37-20-16-35-18-22-39-30(33)24(3)4/h7-14H,1,3,15-22H2,2,4-6H3. The SMILES string of the molecule is C=C(C)C(=O)OCCOCCOc1ccccc1C(C)(C)c1ccccc1OCCOCCOC(=O)C(=C)C. The lowest BCUT2D eigenvalue weighted by Gasteiger charge is -2.30. The molecule has 0 fully saturated rings. The van der Waals surface area contributed by atoms with E-state index in [-0.39, 0.29) is 26.4 Å². The molecule has 0 aliphatic carbocycles. The van der Waals surface area contributed by atoms with E-state index in [1.54, 1.807) is 13.8 Å². The Bertz CT molecular complexity index is 1020. The molecule has 0 aromatic heterocycles. The smallest absolute Gasteiger partial charge is 0.333 e. The van der Waals surface area contributed by atoms with Crippen molar-refractivity contribution in [1.82, 2.24) is 0 Å². The first-order valence-corrected chi connectivity index (χ1v) is 12.9. The molecule has 0 radical (unpaired) electrons. The molecule has 0 N–H and O–H groups in total. The molecule has 2 aromatic carbocycles. The summed E-state index contributed by atoms with van der Waals surface area (Å²) in [5, 5.41) is 0. The lowest BCUT2D eigenvalue weighted by atomic mass is 9.77. The highest BCUT2D eigenvalue weighted by Crippen LogP contribution is 2.41. The van der Waals surface area contributed by atoms with Gasteiger partial charge < -0.3 is 28.4 Å². The van der Waals surface area contributed by atoms with Crippen LogP contribution < -0.4 is 9.47 Å². The van der Waals surface area contributed by atoms with Gasteiger partial charge in [-0.25, -0.2) is 9.59 Å². The number of rotatable bonds is 18. The van der Waals surface area contributed by atoms with E-state index in [1.165, 1.54) is 0 Å². The molecule has 8 nitrogen and oxygen atoms in total. The fraction of sp³-hybridized carbons (Fsp3) is 0.419. The summed E-state index contributed by atoms with van der Waals surface area (Å²) in [5.74, 6) is 0.651. The zero-order valence-corrected chi connectivity index (χ0v) is 23.5. The van der Waals surface area contributed by atoms with E-state index < -0.39 is 17.4 Å². The second-order valence-corrected chi connectivity index (χ2v) is 9.37. The van der Waals surface area contributed by atoms with Crippen LogP contribution in [0.15, 0.2) is 72.8 Å². The molecule has 0 aliphatic rings. The molecular formula is C31H40O8. The second kappa shape index (κ2) is 16.4. The number of ether oxygens (including phenoxy) is 6. The molecule has 2 aromatic rings. The lowest BCUT2D eigenvalue weighted by molar-refractivity contribution is -0.141. The fourth-order valence-electron chi connectivity index (χ4n) is 3.62. The molecule has 0 amide bonds. The number of hydrogen-bond donors (Lipinski definition) is 0. The Labute approximate surface area is 231 Å². The molecule has 0 spiro atoms. The topological polar surface area (TPSA) is 89.5 Å². The van der Waals surface area contributed by atoms with E-state index >= 15 is 0 Å². The van der Waals surface area contributed by atoms with Crippen LogP contribution in [-0.4, -0.2) is 64.8 Å². The van der Waals surface area contributed by atoms with Crippen LogP contribution in [0.4, 0.5) is 0 Å². The number of carbonyl (C=O) groups is 2. The molecule has 0 bridgehead atoms. The number of esters is 2. The first-order chi connectivity index (χ1) is 18.6. The minimum absolute atomic E-state index is 0.166. The summed E-state index contributed by atoms with van der Waals surface area (Å²) in [7, 11) is 0. The molecule has 0 unspecified atom stereocenters. The van der Waals surface area contributed by atoms with Crippen molar-refractivity contribution in [2.75, 3.05) is 52.9 Å².